The summed E-state index contributed by atoms with van der Waals surface area (Å²) in [4.78, 5) is 19.7. The van der Waals surface area contributed by atoms with Crippen molar-refractivity contribution in [3.8, 4) is 0 Å². The van der Waals surface area contributed by atoms with Crippen LogP contribution in [0, 0.1) is 37.9 Å². The van der Waals surface area contributed by atoms with Gasteiger partial charge < -0.3 is 34.3 Å². The van der Waals surface area contributed by atoms with Gasteiger partial charge in [0.2, 0.25) is 0 Å². The monoisotopic (exact) mass is 792 g/mol. The zero-order chi connectivity index (χ0) is 43.4. The van der Waals surface area contributed by atoms with Gasteiger partial charge in [-0.2, -0.15) is 0 Å². The molecular formula is C49H105N7. The molecule has 0 N–H and O–H groups in total. The Morgan fingerprint density at radius 3 is 0.304 bits per heavy atom. The maximum absolute atomic E-state index is 2.81. The highest BCUT2D eigenvalue weighted by atomic mass is 15.3. The van der Waals surface area contributed by atoms with Crippen LogP contribution in [0.1, 0.15) is 145 Å². The Balaban J connectivity index is 3.68. The van der Waals surface area contributed by atoms with Crippen LogP contribution in [0.5, 0.6) is 0 Å². The van der Waals surface area contributed by atoms with Crippen LogP contribution in [0.3, 0.4) is 0 Å². The summed E-state index contributed by atoms with van der Waals surface area (Å²) < 4.78 is 0. The van der Waals surface area contributed by atoms with Gasteiger partial charge in [-0.05, 0) is 37.9 Å². The van der Waals surface area contributed by atoms with Crippen molar-refractivity contribution in [2.75, 3.05) is 137 Å². The summed E-state index contributed by atoms with van der Waals surface area (Å²) in [6.07, 6.45) is 0. The molecule has 1 saturated heterocycles. The van der Waals surface area contributed by atoms with Gasteiger partial charge in [0.05, 0.1) is 0 Å². The SMILES string of the molecule is CC(C)(C)CN1CCN(CC(C)(C)C)CCN(CC(C)(C)C)CCN(CC(C)(C)C)CCN(CC(C)(C)C)CCN(CC(C)(C)C)CCN(CC(C)(C)C)CC1. The average molecular weight is 792 g/mol. The van der Waals surface area contributed by atoms with Gasteiger partial charge in [-0.3, -0.25) is 0 Å². The van der Waals surface area contributed by atoms with E-state index in [-0.39, 0.29) is 37.9 Å². The molecule has 1 rings (SSSR count). The first kappa shape index (κ1) is 53.7. The molecule has 1 fully saturated rings. The molecule has 56 heavy (non-hydrogen) atoms. The second-order valence-electron chi connectivity index (χ2n) is 26.9. The minimum Gasteiger partial charge on any atom is -0.300 e. The van der Waals surface area contributed by atoms with Crippen molar-refractivity contribution >= 4 is 0 Å². The molecule has 0 spiro atoms. The molecule has 0 radical (unpaired) electrons. The summed E-state index contributed by atoms with van der Waals surface area (Å²) in [5.41, 5.74) is 1.85. The molecule has 1 aliphatic rings. The number of rotatable bonds is 7. The van der Waals surface area contributed by atoms with Gasteiger partial charge >= 0.3 is 0 Å². The van der Waals surface area contributed by atoms with E-state index in [2.05, 4.69) is 180 Å². The first-order valence-corrected chi connectivity index (χ1v) is 23.1. The van der Waals surface area contributed by atoms with Crippen molar-refractivity contribution in [2.24, 2.45) is 37.9 Å². The molecule has 1 aliphatic heterocycles. The summed E-state index contributed by atoms with van der Waals surface area (Å²) in [7, 11) is 0. The lowest BCUT2D eigenvalue weighted by atomic mass is 9.94. The number of nitrogens with zero attached hydrogens (tertiary/aromatic N) is 7. The van der Waals surface area contributed by atoms with Crippen molar-refractivity contribution in [3.05, 3.63) is 0 Å². The van der Waals surface area contributed by atoms with Crippen LogP contribution < -0.4 is 0 Å². The Morgan fingerprint density at radius 2 is 0.250 bits per heavy atom. The highest BCUT2D eigenvalue weighted by molar-refractivity contribution is 4.82. The third kappa shape index (κ3) is 30.7. The quantitative estimate of drug-likeness (QED) is 0.253. The maximum Gasteiger partial charge on any atom is 0.0110 e. The van der Waals surface area contributed by atoms with E-state index in [1.165, 1.54) is 0 Å². The van der Waals surface area contributed by atoms with Crippen molar-refractivity contribution in [3.63, 3.8) is 0 Å². The van der Waals surface area contributed by atoms with E-state index in [9.17, 15) is 0 Å². The molecule has 0 amide bonds. The minimum absolute atomic E-state index is 0.265. The number of hydrogen-bond acceptors (Lipinski definition) is 7. The average Bonchev–Trinajstić information content (AvgIpc) is 2.93. The smallest absolute Gasteiger partial charge is 0.0110 e. The standard InChI is InChI=1S/C49H105N7/c1-43(2,3)36-50-22-24-51(37-44(4,5)6)26-28-53(39-46(10,11)12)30-32-55(41-48(16,17)18)34-35-56(42-49(19,20)21)33-31-54(40-47(13,14)15)29-27-52(25-23-50)38-45(7,8)9/h22-42H2,1-21H3. The van der Waals surface area contributed by atoms with E-state index in [0.29, 0.717) is 0 Å². The van der Waals surface area contributed by atoms with E-state index >= 15 is 0 Å². The highest BCUT2D eigenvalue weighted by Gasteiger charge is 2.27. The summed E-state index contributed by atoms with van der Waals surface area (Å²) >= 11 is 0. The lowest BCUT2D eigenvalue weighted by Crippen LogP contribution is -2.48. The Morgan fingerprint density at radius 1 is 0.179 bits per heavy atom. The fourth-order valence-corrected chi connectivity index (χ4v) is 8.57. The van der Waals surface area contributed by atoms with Crippen LogP contribution in [0.4, 0.5) is 0 Å². The first-order chi connectivity index (χ1) is 25.0. The highest BCUT2D eigenvalue weighted by Crippen LogP contribution is 2.23. The van der Waals surface area contributed by atoms with Crippen LogP contribution in [0.15, 0.2) is 0 Å². The molecule has 0 aromatic rings. The molecule has 7 heteroatoms. The second-order valence-corrected chi connectivity index (χ2v) is 26.9. The van der Waals surface area contributed by atoms with E-state index in [1.54, 1.807) is 0 Å². The molecule has 0 unspecified atom stereocenters. The van der Waals surface area contributed by atoms with Gasteiger partial charge in [-0.25, -0.2) is 0 Å². The van der Waals surface area contributed by atoms with E-state index in [0.717, 1.165) is 137 Å². The molecule has 0 aliphatic carbocycles. The van der Waals surface area contributed by atoms with Crippen LogP contribution in [-0.2, 0) is 0 Å². The molecule has 0 aromatic carbocycles. The van der Waals surface area contributed by atoms with Gasteiger partial charge in [0.15, 0.2) is 0 Å². The molecule has 1 heterocycles. The Kier molecular flexibility index (Phi) is 21.6. The Labute approximate surface area is 354 Å². The predicted molar refractivity (Wildman–Crippen MR) is 251 cm³/mol. The fourth-order valence-electron chi connectivity index (χ4n) is 8.57. The predicted octanol–water partition coefficient (Wildman–Crippen LogP) is 9.44. The van der Waals surface area contributed by atoms with Gasteiger partial charge in [0.1, 0.15) is 0 Å². The normalized spacial score (nSPS) is 21.4. The maximum atomic E-state index is 2.81. The van der Waals surface area contributed by atoms with Crippen LogP contribution in [0.2, 0.25) is 0 Å². The summed E-state index contributed by atoms with van der Waals surface area (Å²) in [6.45, 7) is 74.7. The zero-order valence-electron chi connectivity index (χ0n) is 42.5. The van der Waals surface area contributed by atoms with Crippen molar-refractivity contribution in [1.82, 2.24) is 34.3 Å². The molecule has 0 aromatic heterocycles. The van der Waals surface area contributed by atoms with Crippen molar-refractivity contribution in [2.45, 2.75) is 145 Å². The van der Waals surface area contributed by atoms with Gasteiger partial charge in [0, 0.05) is 137 Å². The minimum atomic E-state index is 0.265. The van der Waals surface area contributed by atoms with Gasteiger partial charge in [0.25, 0.3) is 0 Å². The largest absolute Gasteiger partial charge is 0.300 e. The second kappa shape index (κ2) is 22.5. The topological polar surface area (TPSA) is 22.7 Å². The number of hydrogen-bond donors (Lipinski definition) is 0. The molecule has 7 nitrogen and oxygen atoms in total. The fraction of sp³-hybridized carbons (Fsp3) is 1.00. The molecule has 0 bridgehead atoms. The lowest BCUT2D eigenvalue weighted by Gasteiger charge is -2.38. The lowest BCUT2D eigenvalue weighted by molar-refractivity contribution is 0.0948. The van der Waals surface area contributed by atoms with E-state index < -0.39 is 0 Å². The van der Waals surface area contributed by atoms with Crippen LogP contribution in [0.25, 0.3) is 0 Å². The van der Waals surface area contributed by atoms with Gasteiger partial charge in [-0.1, -0.05) is 145 Å². The van der Waals surface area contributed by atoms with Crippen molar-refractivity contribution < 1.29 is 0 Å². The van der Waals surface area contributed by atoms with E-state index in [4.69, 9.17) is 0 Å². The Bertz CT molecular complexity index is 774. The van der Waals surface area contributed by atoms with Crippen LogP contribution >= 0.6 is 0 Å². The van der Waals surface area contributed by atoms with Gasteiger partial charge in [-0.15, -0.1) is 0 Å². The van der Waals surface area contributed by atoms with E-state index in [1.807, 2.05) is 0 Å². The molecule has 0 atom stereocenters. The third-order valence-electron chi connectivity index (χ3n) is 10.0. The Hall–Kier alpha value is -0.280. The summed E-state index contributed by atoms with van der Waals surface area (Å²) in [5, 5.41) is 0. The summed E-state index contributed by atoms with van der Waals surface area (Å²) in [6, 6.07) is 0. The van der Waals surface area contributed by atoms with Crippen LogP contribution in [-0.4, -0.2) is 172 Å². The molecular weight excluding hydrogens is 687 g/mol. The van der Waals surface area contributed by atoms with Crippen molar-refractivity contribution in [1.29, 1.82) is 0 Å². The zero-order valence-corrected chi connectivity index (χ0v) is 42.5. The third-order valence-corrected chi connectivity index (χ3v) is 10.0. The summed E-state index contributed by atoms with van der Waals surface area (Å²) in [5.74, 6) is 0. The molecule has 0 saturated carbocycles. The first-order valence-electron chi connectivity index (χ1n) is 23.1. The molecule has 336 valence electrons.